The molecule has 0 spiro atoms. The lowest BCUT2D eigenvalue weighted by Crippen LogP contribution is -2.04. The summed E-state index contributed by atoms with van der Waals surface area (Å²) < 4.78 is 9.56. The van der Waals surface area contributed by atoms with Crippen LogP contribution in [0.5, 0.6) is 0 Å². The third-order valence-corrected chi connectivity index (χ3v) is 2.82. The number of esters is 2. The largest absolute Gasteiger partial charge is 0.466 e. The summed E-state index contributed by atoms with van der Waals surface area (Å²) in [6.07, 6.45) is 11.1. The topological polar surface area (TPSA) is 52.6 Å². The molecule has 0 fully saturated rings. The zero-order valence-corrected chi connectivity index (χ0v) is 14.8. The molecule has 0 radical (unpaired) electrons. The van der Waals surface area contributed by atoms with Crippen LogP contribution in [0.15, 0.2) is 58.7 Å². The standard InChI is InChI=1S/C19H26O4/c1-7-23-19(21)17(5)13-15(3)11-9-8-10-14(2)12-16(4)18(20)22-6/h8-13H,7H2,1-6H3/b9-8+,14-10+,15-11+,16-12+,17-13+. The molecule has 0 aliphatic carbocycles. The normalized spacial score (nSPS) is 14.2. The van der Waals surface area contributed by atoms with Crippen LogP contribution in [-0.4, -0.2) is 25.7 Å². The van der Waals surface area contributed by atoms with E-state index in [9.17, 15) is 9.59 Å². The highest BCUT2D eigenvalue weighted by atomic mass is 16.5. The third kappa shape index (κ3) is 9.30. The molecule has 23 heavy (non-hydrogen) atoms. The fraction of sp³-hybridized carbons (Fsp3) is 0.368. The Balaban J connectivity index is 4.79. The quantitative estimate of drug-likeness (QED) is 0.403. The first-order valence-electron chi connectivity index (χ1n) is 7.45. The zero-order valence-electron chi connectivity index (χ0n) is 14.8. The Hall–Kier alpha value is -2.36. The smallest absolute Gasteiger partial charge is 0.333 e. The summed E-state index contributed by atoms with van der Waals surface area (Å²) in [4.78, 5) is 22.8. The Bertz CT molecular complexity index is 572. The fourth-order valence-electron chi connectivity index (χ4n) is 1.72. The van der Waals surface area contributed by atoms with Crippen LogP contribution < -0.4 is 0 Å². The van der Waals surface area contributed by atoms with E-state index < -0.39 is 0 Å². The number of allylic oxidation sites excluding steroid dienone is 8. The number of methoxy groups -OCH3 is 1. The van der Waals surface area contributed by atoms with Gasteiger partial charge in [0, 0.05) is 11.1 Å². The first kappa shape index (κ1) is 20.6. The summed E-state index contributed by atoms with van der Waals surface area (Å²) in [6.45, 7) is 9.39. The minimum absolute atomic E-state index is 0.302. The maximum atomic E-state index is 11.5. The summed E-state index contributed by atoms with van der Waals surface area (Å²) in [5.41, 5.74) is 3.00. The van der Waals surface area contributed by atoms with Crippen molar-refractivity contribution in [3.8, 4) is 0 Å². The molecule has 4 heteroatoms. The number of carbonyl (C=O) groups excluding carboxylic acids is 2. The second-order valence-corrected chi connectivity index (χ2v) is 5.07. The van der Waals surface area contributed by atoms with Crippen molar-refractivity contribution in [1.82, 2.24) is 0 Å². The molecule has 0 aliphatic heterocycles. The van der Waals surface area contributed by atoms with Crippen LogP contribution in [0.3, 0.4) is 0 Å². The molecule has 0 amide bonds. The number of hydrogen-bond donors (Lipinski definition) is 0. The molecule has 0 aromatic rings. The van der Waals surface area contributed by atoms with Gasteiger partial charge in [-0.1, -0.05) is 35.5 Å². The molecule has 0 bridgehead atoms. The SMILES string of the molecule is CCOC(=O)/C(C)=C/C(C)=C/C=C/C=C(C)/C=C(\C)C(=O)OC. The predicted octanol–water partition coefficient (Wildman–Crippen LogP) is 4.06. The van der Waals surface area contributed by atoms with Crippen molar-refractivity contribution in [3.05, 3.63) is 58.7 Å². The van der Waals surface area contributed by atoms with E-state index in [1.54, 1.807) is 32.9 Å². The molecule has 0 atom stereocenters. The van der Waals surface area contributed by atoms with E-state index in [1.165, 1.54) is 7.11 Å². The van der Waals surface area contributed by atoms with E-state index in [1.807, 2.05) is 38.2 Å². The lowest BCUT2D eigenvalue weighted by atomic mass is 10.1. The van der Waals surface area contributed by atoms with Crippen LogP contribution in [0.2, 0.25) is 0 Å². The van der Waals surface area contributed by atoms with Gasteiger partial charge in [-0.15, -0.1) is 0 Å². The third-order valence-electron chi connectivity index (χ3n) is 2.82. The average molecular weight is 318 g/mol. The Morgan fingerprint density at radius 2 is 1.26 bits per heavy atom. The fourth-order valence-corrected chi connectivity index (χ4v) is 1.72. The van der Waals surface area contributed by atoms with Gasteiger partial charge in [-0.25, -0.2) is 9.59 Å². The van der Waals surface area contributed by atoms with Crippen LogP contribution in [-0.2, 0) is 19.1 Å². The van der Waals surface area contributed by atoms with Crippen LogP contribution in [0.4, 0.5) is 0 Å². The van der Waals surface area contributed by atoms with Crippen molar-refractivity contribution in [3.63, 3.8) is 0 Å². The van der Waals surface area contributed by atoms with E-state index >= 15 is 0 Å². The minimum Gasteiger partial charge on any atom is -0.466 e. The molecular weight excluding hydrogens is 292 g/mol. The molecule has 126 valence electrons. The Labute approximate surface area is 138 Å². The van der Waals surface area contributed by atoms with Crippen LogP contribution >= 0.6 is 0 Å². The van der Waals surface area contributed by atoms with Crippen molar-refractivity contribution < 1.29 is 19.1 Å². The van der Waals surface area contributed by atoms with E-state index in [4.69, 9.17) is 4.74 Å². The second kappa shape index (κ2) is 11.2. The Morgan fingerprint density at radius 3 is 1.65 bits per heavy atom. The van der Waals surface area contributed by atoms with E-state index in [-0.39, 0.29) is 11.9 Å². The molecule has 0 N–H and O–H groups in total. The van der Waals surface area contributed by atoms with Gasteiger partial charge in [-0.05, 0) is 46.8 Å². The molecule has 0 aromatic carbocycles. The highest BCUT2D eigenvalue weighted by Gasteiger charge is 2.03. The molecule has 0 aliphatic rings. The molecule has 4 nitrogen and oxygen atoms in total. The molecule has 0 saturated carbocycles. The highest BCUT2D eigenvalue weighted by molar-refractivity contribution is 5.88. The second-order valence-electron chi connectivity index (χ2n) is 5.07. The summed E-state index contributed by atoms with van der Waals surface area (Å²) in [5, 5.41) is 0. The van der Waals surface area contributed by atoms with Crippen LogP contribution in [0, 0.1) is 0 Å². The van der Waals surface area contributed by atoms with Gasteiger partial charge < -0.3 is 9.47 Å². The predicted molar refractivity (Wildman–Crippen MR) is 92.8 cm³/mol. The van der Waals surface area contributed by atoms with E-state index in [0.29, 0.717) is 17.8 Å². The van der Waals surface area contributed by atoms with Gasteiger partial charge in [0.15, 0.2) is 0 Å². The summed E-state index contributed by atoms with van der Waals surface area (Å²) >= 11 is 0. The maximum absolute atomic E-state index is 11.5. The first-order chi connectivity index (χ1) is 10.8. The molecule has 0 heterocycles. The maximum Gasteiger partial charge on any atom is 0.333 e. The van der Waals surface area contributed by atoms with Crippen LogP contribution in [0.25, 0.3) is 0 Å². The molecular formula is C19H26O4. The Kier molecular flexibility index (Phi) is 10.1. The van der Waals surface area contributed by atoms with Gasteiger partial charge in [0.1, 0.15) is 0 Å². The van der Waals surface area contributed by atoms with E-state index in [0.717, 1.165) is 11.1 Å². The molecule has 0 unspecified atom stereocenters. The first-order valence-corrected chi connectivity index (χ1v) is 7.45. The average Bonchev–Trinajstić information content (AvgIpc) is 2.50. The lowest BCUT2D eigenvalue weighted by molar-refractivity contribution is -0.138. The van der Waals surface area contributed by atoms with Crippen LogP contribution in [0.1, 0.15) is 34.6 Å². The minimum atomic E-state index is -0.336. The van der Waals surface area contributed by atoms with Crippen molar-refractivity contribution >= 4 is 11.9 Å². The zero-order chi connectivity index (χ0) is 17.8. The van der Waals surface area contributed by atoms with Gasteiger partial charge in [0.05, 0.1) is 13.7 Å². The summed E-state index contributed by atoms with van der Waals surface area (Å²) in [7, 11) is 1.36. The molecule has 0 rings (SSSR count). The summed E-state index contributed by atoms with van der Waals surface area (Å²) in [6, 6.07) is 0. The van der Waals surface area contributed by atoms with Gasteiger partial charge in [0.2, 0.25) is 0 Å². The number of hydrogen-bond acceptors (Lipinski definition) is 4. The van der Waals surface area contributed by atoms with Crippen molar-refractivity contribution in [2.45, 2.75) is 34.6 Å². The molecule has 0 saturated heterocycles. The van der Waals surface area contributed by atoms with Gasteiger partial charge in [-0.2, -0.15) is 0 Å². The van der Waals surface area contributed by atoms with Gasteiger partial charge in [-0.3, -0.25) is 0 Å². The number of rotatable bonds is 7. The highest BCUT2D eigenvalue weighted by Crippen LogP contribution is 2.06. The van der Waals surface area contributed by atoms with E-state index in [2.05, 4.69) is 4.74 Å². The summed E-state index contributed by atoms with van der Waals surface area (Å²) in [5.74, 6) is -0.638. The monoisotopic (exact) mass is 318 g/mol. The van der Waals surface area contributed by atoms with Crippen molar-refractivity contribution in [1.29, 1.82) is 0 Å². The number of ether oxygens (including phenoxy) is 2. The van der Waals surface area contributed by atoms with Gasteiger partial charge >= 0.3 is 11.9 Å². The number of carbonyl (C=O) groups is 2. The lowest BCUT2D eigenvalue weighted by Gasteiger charge is -2.01. The van der Waals surface area contributed by atoms with Gasteiger partial charge in [0.25, 0.3) is 0 Å². The van der Waals surface area contributed by atoms with Crippen molar-refractivity contribution in [2.75, 3.05) is 13.7 Å². The Morgan fingerprint density at radius 1 is 0.826 bits per heavy atom. The van der Waals surface area contributed by atoms with Crippen molar-refractivity contribution in [2.24, 2.45) is 0 Å². The molecule has 0 aromatic heterocycles.